The minimum absolute atomic E-state index is 0.136. The molecule has 0 saturated carbocycles. The van der Waals surface area contributed by atoms with Gasteiger partial charge in [0.1, 0.15) is 0 Å². The molecule has 1 aliphatic rings. The van der Waals surface area contributed by atoms with Crippen molar-refractivity contribution in [1.82, 2.24) is 0 Å². The quantitative estimate of drug-likeness (QED) is 0.780. The summed E-state index contributed by atoms with van der Waals surface area (Å²) in [7, 11) is 0. The highest BCUT2D eigenvalue weighted by Crippen LogP contribution is 2.39. The number of aryl methyl sites for hydroxylation is 1. The number of hydrogen-bond donors (Lipinski definition) is 0. The lowest BCUT2D eigenvalue weighted by Crippen LogP contribution is -2.41. The summed E-state index contributed by atoms with van der Waals surface area (Å²) in [4.78, 5) is 0. The molecule has 2 heteroatoms. The van der Waals surface area contributed by atoms with Crippen LogP contribution in [0.15, 0.2) is 24.3 Å². The topological polar surface area (TPSA) is 18.5 Å². The summed E-state index contributed by atoms with van der Waals surface area (Å²) in [5.74, 6) is 0. The lowest BCUT2D eigenvalue weighted by molar-refractivity contribution is -0.0845. The van der Waals surface area contributed by atoms with Crippen molar-refractivity contribution in [3.63, 3.8) is 0 Å². The Hall–Kier alpha value is -0.860. The molecule has 1 aromatic rings. The van der Waals surface area contributed by atoms with Crippen molar-refractivity contribution in [2.45, 2.75) is 58.5 Å². The maximum atomic E-state index is 5.98. The number of benzene rings is 1. The second kappa shape index (κ2) is 4.11. The minimum Gasteiger partial charge on any atom is -0.343 e. The van der Waals surface area contributed by atoms with Crippen LogP contribution in [0.3, 0.4) is 0 Å². The maximum Gasteiger partial charge on any atom is 0.163 e. The molecule has 1 aliphatic heterocycles. The van der Waals surface area contributed by atoms with Crippen LogP contribution in [-0.4, -0.2) is 17.5 Å². The third kappa shape index (κ3) is 2.53. The van der Waals surface area contributed by atoms with Crippen LogP contribution in [0.25, 0.3) is 0 Å². The molecule has 1 fully saturated rings. The highest BCUT2D eigenvalue weighted by molar-refractivity contribution is 5.21. The Balaban J connectivity index is 2.05. The highest BCUT2D eigenvalue weighted by atomic mass is 16.7. The van der Waals surface area contributed by atoms with Gasteiger partial charge in [-0.15, -0.1) is 0 Å². The Labute approximate surface area is 104 Å². The van der Waals surface area contributed by atoms with E-state index >= 15 is 0 Å². The first-order valence-corrected chi connectivity index (χ1v) is 6.21. The monoisotopic (exact) mass is 234 g/mol. The summed E-state index contributed by atoms with van der Waals surface area (Å²) in [6, 6.07) is 8.53. The molecule has 2 rings (SSSR count). The first-order chi connectivity index (χ1) is 7.80. The molecule has 0 atom stereocenters. The van der Waals surface area contributed by atoms with Gasteiger partial charge in [-0.1, -0.05) is 29.8 Å². The van der Waals surface area contributed by atoms with Gasteiger partial charge in [0.05, 0.1) is 11.2 Å². The van der Waals surface area contributed by atoms with E-state index in [1.54, 1.807) is 0 Å². The molecule has 1 heterocycles. The summed E-state index contributed by atoms with van der Waals surface area (Å²) in [6.45, 7) is 10.4. The van der Waals surface area contributed by atoms with Crippen molar-refractivity contribution < 1.29 is 9.47 Å². The lowest BCUT2D eigenvalue weighted by atomic mass is 9.90. The third-order valence-corrected chi connectivity index (χ3v) is 3.83. The molecule has 1 aromatic carbocycles. The average Bonchev–Trinajstić information content (AvgIpc) is 2.39. The van der Waals surface area contributed by atoms with E-state index in [0.717, 1.165) is 6.42 Å². The van der Waals surface area contributed by atoms with Crippen LogP contribution < -0.4 is 0 Å². The van der Waals surface area contributed by atoms with E-state index in [-0.39, 0.29) is 17.5 Å². The fourth-order valence-corrected chi connectivity index (χ4v) is 1.97. The molecular weight excluding hydrogens is 212 g/mol. The molecule has 0 unspecified atom stereocenters. The van der Waals surface area contributed by atoms with Gasteiger partial charge in [-0.05, 0) is 40.2 Å². The van der Waals surface area contributed by atoms with Crippen LogP contribution in [0.2, 0.25) is 0 Å². The van der Waals surface area contributed by atoms with Crippen LogP contribution in [0.1, 0.15) is 38.8 Å². The first-order valence-electron chi connectivity index (χ1n) is 6.21. The van der Waals surface area contributed by atoms with Crippen molar-refractivity contribution in [1.29, 1.82) is 0 Å². The van der Waals surface area contributed by atoms with E-state index in [1.807, 2.05) is 0 Å². The Morgan fingerprint density at radius 2 is 1.41 bits per heavy atom. The van der Waals surface area contributed by atoms with E-state index in [0.29, 0.717) is 0 Å². The molecule has 0 bridgehead atoms. The molecule has 0 amide bonds. The summed E-state index contributed by atoms with van der Waals surface area (Å²) >= 11 is 0. The zero-order valence-corrected chi connectivity index (χ0v) is 11.4. The van der Waals surface area contributed by atoms with Crippen LogP contribution >= 0.6 is 0 Å². The molecule has 0 N–H and O–H groups in total. The van der Waals surface area contributed by atoms with Crippen molar-refractivity contribution in [2.24, 2.45) is 0 Å². The molecule has 2 nitrogen and oxygen atoms in total. The summed E-state index contributed by atoms with van der Waals surface area (Å²) in [6.07, 6.45) is 0.676. The van der Waals surface area contributed by atoms with Crippen LogP contribution in [0.4, 0.5) is 0 Å². The predicted octanol–water partition coefficient (Wildman–Crippen LogP) is 3.47. The number of hydrogen-bond acceptors (Lipinski definition) is 2. The van der Waals surface area contributed by atoms with Crippen molar-refractivity contribution in [2.75, 3.05) is 0 Å². The van der Waals surface area contributed by atoms with Gasteiger partial charge < -0.3 is 9.47 Å². The molecule has 17 heavy (non-hydrogen) atoms. The first kappa shape index (κ1) is 12.6. The zero-order valence-electron chi connectivity index (χ0n) is 11.4. The van der Waals surface area contributed by atoms with Crippen LogP contribution in [-0.2, 0) is 15.9 Å². The second-order valence-corrected chi connectivity index (χ2v) is 5.88. The minimum atomic E-state index is -0.234. The van der Waals surface area contributed by atoms with E-state index in [1.165, 1.54) is 11.1 Å². The van der Waals surface area contributed by atoms with Gasteiger partial charge in [-0.25, -0.2) is 0 Å². The average molecular weight is 234 g/mol. The Morgan fingerprint density at radius 3 is 1.88 bits per heavy atom. The largest absolute Gasteiger partial charge is 0.343 e. The van der Waals surface area contributed by atoms with Crippen molar-refractivity contribution in [3.8, 4) is 0 Å². The fourth-order valence-electron chi connectivity index (χ4n) is 1.97. The predicted molar refractivity (Wildman–Crippen MR) is 69.0 cm³/mol. The molecular formula is C15H22O2. The van der Waals surface area contributed by atoms with E-state index in [4.69, 9.17) is 9.47 Å². The number of rotatable bonds is 2. The zero-order chi connectivity index (χ0) is 12.7. The van der Waals surface area contributed by atoms with Gasteiger partial charge in [0.15, 0.2) is 6.29 Å². The fraction of sp³-hybridized carbons (Fsp3) is 0.600. The Morgan fingerprint density at radius 1 is 0.941 bits per heavy atom. The molecule has 0 radical (unpaired) electrons. The normalized spacial score (nSPS) is 22.9. The molecule has 0 aromatic heterocycles. The summed E-state index contributed by atoms with van der Waals surface area (Å²) in [5, 5.41) is 0. The molecule has 94 valence electrons. The van der Waals surface area contributed by atoms with E-state index in [9.17, 15) is 0 Å². The standard InChI is InChI=1S/C15H22O2/c1-11-6-8-12(9-7-11)10-13-16-14(2,3)15(4,5)17-13/h6-9,13H,10H2,1-5H3. The third-order valence-electron chi connectivity index (χ3n) is 3.83. The highest BCUT2D eigenvalue weighted by Gasteiger charge is 2.48. The van der Waals surface area contributed by atoms with Gasteiger partial charge >= 0.3 is 0 Å². The van der Waals surface area contributed by atoms with E-state index < -0.39 is 0 Å². The smallest absolute Gasteiger partial charge is 0.163 e. The SMILES string of the molecule is Cc1ccc(CC2OC(C)(C)C(C)(C)O2)cc1. The summed E-state index contributed by atoms with van der Waals surface area (Å²) in [5.41, 5.74) is 2.07. The molecule has 0 spiro atoms. The van der Waals surface area contributed by atoms with E-state index in [2.05, 4.69) is 58.9 Å². The van der Waals surface area contributed by atoms with Gasteiger partial charge in [0.25, 0.3) is 0 Å². The van der Waals surface area contributed by atoms with Crippen molar-refractivity contribution >= 4 is 0 Å². The number of ether oxygens (including phenoxy) is 2. The van der Waals surface area contributed by atoms with Gasteiger partial charge in [0.2, 0.25) is 0 Å². The second-order valence-electron chi connectivity index (χ2n) is 5.88. The maximum absolute atomic E-state index is 5.98. The molecule has 1 saturated heterocycles. The lowest BCUT2D eigenvalue weighted by Gasteiger charge is -2.30. The Kier molecular flexibility index (Phi) is 3.04. The van der Waals surface area contributed by atoms with Crippen LogP contribution in [0.5, 0.6) is 0 Å². The molecule has 0 aliphatic carbocycles. The van der Waals surface area contributed by atoms with Gasteiger partial charge in [-0.2, -0.15) is 0 Å². The van der Waals surface area contributed by atoms with Crippen LogP contribution in [0, 0.1) is 6.92 Å². The van der Waals surface area contributed by atoms with Gasteiger partial charge in [-0.3, -0.25) is 0 Å². The summed E-state index contributed by atoms with van der Waals surface area (Å²) < 4.78 is 12.0. The van der Waals surface area contributed by atoms with Crippen molar-refractivity contribution in [3.05, 3.63) is 35.4 Å². The Bertz CT molecular complexity index is 374. The van der Waals surface area contributed by atoms with Gasteiger partial charge in [0, 0.05) is 6.42 Å².